The molecular weight excluding hydrogens is 361 g/mol. The number of aliphatic carboxylic acids is 1. The fourth-order valence-corrected chi connectivity index (χ4v) is 5.48. The van der Waals surface area contributed by atoms with Crippen molar-refractivity contribution in [1.29, 1.82) is 0 Å². The van der Waals surface area contributed by atoms with E-state index in [1.165, 1.54) is 12.1 Å². The fraction of sp³-hybridized carbons (Fsp3) is 0.417. The summed E-state index contributed by atoms with van der Waals surface area (Å²) in [5.41, 5.74) is 0. The maximum Gasteiger partial charge on any atom is 0.322 e. The van der Waals surface area contributed by atoms with E-state index in [1.807, 2.05) is 0 Å². The van der Waals surface area contributed by atoms with Gasteiger partial charge in [-0.1, -0.05) is 34.8 Å². The number of carboxylic acid groups (broad SMARTS) is 1. The van der Waals surface area contributed by atoms with E-state index in [9.17, 15) is 18.3 Å². The number of carbonyl (C=O) groups is 1. The first kappa shape index (κ1) is 16.8. The predicted molar refractivity (Wildman–Crippen MR) is 80.6 cm³/mol. The van der Waals surface area contributed by atoms with E-state index in [1.54, 1.807) is 0 Å². The van der Waals surface area contributed by atoms with Crippen molar-refractivity contribution in [3.8, 4) is 0 Å². The van der Waals surface area contributed by atoms with Crippen LogP contribution in [-0.2, 0) is 14.8 Å². The van der Waals surface area contributed by atoms with Gasteiger partial charge in [0.15, 0.2) is 0 Å². The molecule has 0 saturated carbocycles. The Morgan fingerprint density at radius 3 is 2.29 bits per heavy atom. The van der Waals surface area contributed by atoms with Gasteiger partial charge in [-0.05, 0) is 31.4 Å². The Kier molecular flexibility index (Phi) is 5.05. The van der Waals surface area contributed by atoms with Crippen molar-refractivity contribution < 1.29 is 18.3 Å². The molecule has 1 aromatic carbocycles. The number of piperidine rings is 1. The first-order chi connectivity index (χ1) is 9.75. The van der Waals surface area contributed by atoms with Crippen molar-refractivity contribution in [2.24, 2.45) is 0 Å². The second kappa shape index (κ2) is 6.30. The van der Waals surface area contributed by atoms with E-state index in [0.717, 1.165) is 4.31 Å². The smallest absolute Gasteiger partial charge is 0.322 e. The highest BCUT2D eigenvalue weighted by atomic mass is 35.5. The Labute approximate surface area is 137 Å². The lowest BCUT2D eigenvalue weighted by molar-refractivity contribution is -0.142. The molecule has 0 aliphatic carbocycles. The zero-order valence-corrected chi connectivity index (χ0v) is 13.8. The van der Waals surface area contributed by atoms with Crippen LogP contribution in [0.25, 0.3) is 0 Å². The van der Waals surface area contributed by atoms with Crippen LogP contribution in [0.15, 0.2) is 17.0 Å². The van der Waals surface area contributed by atoms with Crippen molar-refractivity contribution in [3.05, 3.63) is 27.2 Å². The minimum absolute atomic E-state index is 0.120. The van der Waals surface area contributed by atoms with Crippen molar-refractivity contribution in [2.45, 2.75) is 30.2 Å². The molecule has 1 atom stereocenters. The lowest BCUT2D eigenvalue weighted by atomic mass is 10.1. The Morgan fingerprint density at radius 2 is 1.76 bits per heavy atom. The highest BCUT2D eigenvalue weighted by Crippen LogP contribution is 2.36. The Hall–Kier alpha value is -0.530. The number of benzene rings is 1. The van der Waals surface area contributed by atoms with Crippen molar-refractivity contribution >= 4 is 50.8 Å². The average molecular weight is 373 g/mol. The monoisotopic (exact) mass is 371 g/mol. The molecule has 1 heterocycles. The van der Waals surface area contributed by atoms with Crippen LogP contribution in [0, 0.1) is 0 Å². The standard InChI is InChI=1S/C12H12Cl3NO4S/c13-7-5-8(14)11(9(15)6-7)21(19,20)16-4-2-1-3-10(16)12(17)18/h5-6,10H,1-4H2,(H,17,18). The number of hydrogen-bond donors (Lipinski definition) is 1. The van der Waals surface area contributed by atoms with E-state index in [-0.39, 0.29) is 32.9 Å². The molecule has 116 valence electrons. The van der Waals surface area contributed by atoms with Crippen molar-refractivity contribution in [2.75, 3.05) is 6.54 Å². The van der Waals surface area contributed by atoms with Crippen LogP contribution >= 0.6 is 34.8 Å². The molecule has 1 aliphatic rings. The van der Waals surface area contributed by atoms with E-state index < -0.39 is 22.0 Å². The average Bonchev–Trinajstić information content (AvgIpc) is 2.37. The molecule has 21 heavy (non-hydrogen) atoms. The number of halogens is 3. The second-order valence-electron chi connectivity index (χ2n) is 4.66. The van der Waals surface area contributed by atoms with Crippen molar-refractivity contribution in [1.82, 2.24) is 4.31 Å². The van der Waals surface area contributed by atoms with Crippen LogP contribution < -0.4 is 0 Å². The molecular formula is C12H12Cl3NO4S. The fourth-order valence-electron chi connectivity index (χ4n) is 2.33. The van der Waals surface area contributed by atoms with Gasteiger partial charge in [0.05, 0.1) is 10.0 Å². The Bertz CT molecular complexity index is 654. The van der Waals surface area contributed by atoms with Crippen LogP contribution in [0.4, 0.5) is 0 Å². The molecule has 0 bridgehead atoms. The molecule has 1 aromatic rings. The summed E-state index contributed by atoms with van der Waals surface area (Å²) in [6, 6.07) is 1.43. The SMILES string of the molecule is O=C(O)C1CCCCN1S(=O)(=O)c1c(Cl)cc(Cl)cc1Cl. The van der Waals surface area contributed by atoms with Gasteiger partial charge in [-0.15, -0.1) is 0 Å². The van der Waals surface area contributed by atoms with Gasteiger partial charge in [-0.2, -0.15) is 4.31 Å². The number of carboxylic acids is 1. The third kappa shape index (κ3) is 3.29. The van der Waals surface area contributed by atoms with Gasteiger partial charge in [0.2, 0.25) is 10.0 Å². The number of hydrogen-bond acceptors (Lipinski definition) is 3. The molecule has 0 radical (unpaired) electrons. The summed E-state index contributed by atoms with van der Waals surface area (Å²) in [4.78, 5) is 11.0. The van der Waals surface area contributed by atoms with Gasteiger partial charge in [-0.3, -0.25) is 4.79 Å². The quantitative estimate of drug-likeness (QED) is 0.883. The van der Waals surface area contributed by atoms with Gasteiger partial charge in [0, 0.05) is 11.6 Å². The van der Waals surface area contributed by atoms with E-state index in [0.29, 0.717) is 12.8 Å². The molecule has 0 aromatic heterocycles. The first-order valence-corrected chi connectivity index (χ1v) is 8.71. The zero-order valence-electron chi connectivity index (χ0n) is 10.7. The van der Waals surface area contributed by atoms with E-state index >= 15 is 0 Å². The maximum absolute atomic E-state index is 12.7. The molecule has 1 unspecified atom stereocenters. The van der Waals surface area contributed by atoms with Gasteiger partial charge >= 0.3 is 5.97 Å². The molecule has 9 heteroatoms. The summed E-state index contributed by atoms with van der Waals surface area (Å²) in [5, 5.41) is 9.17. The number of rotatable bonds is 3. The molecule has 1 aliphatic heterocycles. The molecule has 1 N–H and O–H groups in total. The van der Waals surface area contributed by atoms with Crippen LogP contribution in [0.2, 0.25) is 15.1 Å². The summed E-state index contributed by atoms with van der Waals surface area (Å²) in [6.07, 6.45) is 1.51. The van der Waals surface area contributed by atoms with E-state index in [2.05, 4.69) is 0 Å². The van der Waals surface area contributed by atoms with Gasteiger partial charge in [-0.25, -0.2) is 8.42 Å². The summed E-state index contributed by atoms with van der Waals surface area (Å²) in [5.74, 6) is -1.18. The third-order valence-electron chi connectivity index (χ3n) is 3.27. The lowest BCUT2D eigenvalue weighted by Crippen LogP contribution is -2.47. The van der Waals surface area contributed by atoms with Gasteiger partial charge < -0.3 is 5.11 Å². The first-order valence-electron chi connectivity index (χ1n) is 6.14. The van der Waals surface area contributed by atoms with Gasteiger partial charge in [0.25, 0.3) is 0 Å². The van der Waals surface area contributed by atoms with Crippen molar-refractivity contribution in [3.63, 3.8) is 0 Å². The largest absolute Gasteiger partial charge is 0.480 e. The summed E-state index contributed by atoms with van der Waals surface area (Å²) < 4.78 is 26.4. The van der Waals surface area contributed by atoms with Crippen LogP contribution in [0.3, 0.4) is 0 Å². The summed E-state index contributed by atoms with van der Waals surface area (Å²) >= 11 is 17.7. The summed E-state index contributed by atoms with van der Waals surface area (Å²) in [6.45, 7) is 0.120. The molecule has 5 nitrogen and oxygen atoms in total. The topological polar surface area (TPSA) is 74.7 Å². The number of sulfonamides is 1. The van der Waals surface area contributed by atoms with Crippen LogP contribution in [0.5, 0.6) is 0 Å². The lowest BCUT2D eigenvalue weighted by Gasteiger charge is -2.32. The minimum atomic E-state index is -4.10. The van der Waals surface area contributed by atoms with E-state index in [4.69, 9.17) is 34.8 Å². The molecule has 0 amide bonds. The molecule has 1 fully saturated rings. The van der Waals surface area contributed by atoms with Crippen LogP contribution in [0.1, 0.15) is 19.3 Å². The second-order valence-corrected chi connectivity index (χ2v) is 7.74. The highest BCUT2D eigenvalue weighted by Gasteiger charge is 2.39. The molecule has 0 spiro atoms. The Balaban J connectivity index is 2.53. The minimum Gasteiger partial charge on any atom is -0.480 e. The highest BCUT2D eigenvalue weighted by molar-refractivity contribution is 7.89. The predicted octanol–water partition coefficient (Wildman–Crippen LogP) is 3.27. The normalized spacial score (nSPS) is 20.4. The summed E-state index contributed by atoms with van der Waals surface area (Å²) in [7, 11) is -4.10. The maximum atomic E-state index is 12.7. The third-order valence-corrected chi connectivity index (χ3v) is 6.32. The zero-order chi connectivity index (χ0) is 15.8. The Morgan fingerprint density at radius 1 is 1.19 bits per heavy atom. The molecule has 2 rings (SSSR count). The van der Waals surface area contributed by atoms with Gasteiger partial charge in [0.1, 0.15) is 10.9 Å². The molecule has 1 saturated heterocycles. The van der Waals surface area contributed by atoms with Crippen LogP contribution in [-0.4, -0.2) is 36.4 Å². The number of nitrogens with zero attached hydrogens (tertiary/aromatic N) is 1.